The van der Waals surface area contributed by atoms with Crippen molar-refractivity contribution in [2.75, 3.05) is 13.1 Å². The van der Waals surface area contributed by atoms with Gasteiger partial charge in [0.1, 0.15) is 5.82 Å². The van der Waals surface area contributed by atoms with Crippen LogP contribution < -0.4 is 10.6 Å². The zero-order chi connectivity index (χ0) is 15.6. The Balaban J connectivity index is 1.50. The second kappa shape index (κ2) is 6.24. The van der Waals surface area contributed by atoms with Gasteiger partial charge in [-0.05, 0) is 49.3 Å². The Morgan fingerprint density at radius 1 is 1.27 bits per heavy atom. The van der Waals surface area contributed by atoms with Crippen molar-refractivity contribution in [3.05, 3.63) is 35.6 Å². The van der Waals surface area contributed by atoms with Gasteiger partial charge in [-0.25, -0.2) is 9.18 Å². The lowest BCUT2D eigenvalue weighted by atomic mass is 9.64. The maximum Gasteiger partial charge on any atom is 0.314 e. The van der Waals surface area contributed by atoms with Crippen molar-refractivity contribution in [3.63, 3.8) is 0 Å². The second-order valence-corrected chi connectivity index (χ2v) is 6.61. The van der Waals surface area contributed by atoms with Gasteiger partial charge in [0.25, 0.3) is 0 Å². The molecular formula is C17H23FN2O2. The summed E-state index contributed by atoms with van der Waals surface area (Å²) in [6.07, 6.45) is 4.81. The van der Waals surface area contributed by atoms with E-state index in [2.05, 4.69) is 10.6 Å². The van der Waals surface area contributed by atoms with Crippen molar-refractivity contribution in [1.29, 1.82) is 0 Å². The Hall–Kier alpha value is -1.62. The van der Waals surface area contributed by atoms with Gasteiger partial charge in [-0.15, -0.1) is 0 Å². The van der Waals surface area contributed by atoms with Crippen LogP contribution in [0.25, 0.3) is 0 Å². The van der Waals surface area contributed by atoms with Crippen LogP contribution in [-0.2, 0) is 5.41 Å². The molecule has 0 aromatic heterocycles. The number of carbonyl (C=O) groups excluding carboxylic acids is 1. The number of urea groups is 1. The zero-order valence-corrected chi connectivity index (χ0v) is 12.6. The van der Waals surface area contributed by atoms with Crippen LogP contribution in [0.2, 0.25) is 0 Å². The van der Waals surface area contributed by atoms with E-state index in [1.807, 2.05) is 12.1 Å². The van der Waals surface area contributed by atoms with Crippen LogP contribution in [0, 0.1) is 11.7 Å². The van der Waals surface area contributed by atoms with Crippen molar-refractivity contribution in [1.82, 2.24) is 10.6 Å². The molecule has 0 aliphatic heterocycles. The minimum atomic E-state index is -0.430. The van der Waals surface area contributed by atoms with Gasteiger partial charge < -0.3 is 15.7 Å². The average molecular weight is 306 g/mol. The SMILES string of the molecule is O=C(NCC(O)C1CC1)NCC1(c2ccc(F)cc2)CCC1. The standard InChI is InChI=1S/C17H23FN2O2/c18-14-6-4-13(5-7-14)17(8-1-9-17)11-20-16(22)19-10-15(21)12-2-3-12/h4-7,12,15,21H,1-3,8-11H2,(H2,19,20,22). The second-order valence-electron chi connectivity index (χ2n) is 6.61. The molecule has 1 aromatic rings. The molecule has 2 aliphatic rings. The number of aliphatic hydroxyl groups is 1. The summed E-state index contributed by atoms with van der Waals surface area (Å²) >= 11 is 0. The van der Waals surface area contributed by atoms with Crippen molar-refractivity contribution >= 4 is 6.03 Å². The van der Waals surface area contributed by atoms with Gasteiger partial charge in [0.05, 0.1) is 6.10 Å². The smallest absolute Gasteiger partial charge is 0.314 e. The Kier molecular flexibility index (Phi) is 4.34. The van der Waals surface area contributed by atoms with Crippen LogP contribution in [0.15, 0.2) is 24.3 Å². The molecule has 2 amide bonds. The van der Waals surface area contributed by atoms with E-state index < -0.39 is 6.10 Å². The Labute approximate surface area is 130 Å². The lowest BCUT2D eigenvalue weighted by Gasteiger charge is -2.42. The van der Waals surface area contributed by atoms with Crippen LogP contribution in [-0.4, -0.2) is 30.3 Å². The number of hydrogen-bond donors (Lipinski definition) is 3. The van der Waals surface area contributed by atoms with E-state index in [9.17, 15) is 14.3 Å². The molecule has 3 N–H and O–H groups in total. The van der Waals surface area contributed by atoms with Gasteiger partial charge in [-0.2, -0.15) is 0 Å². The Morgan fingerprint density at radius 2 is 1.95 bits per heavy atom. The molecule has 120 valence electrons. The minimum absolute atomic E-state index is 0.0693. The average Bonchev–Trinajstić information content (AvgIpc) is 3.30. The molecule has 1 aromatic carbocycles. The lowest BCUT2D eigenvalue weighted by molar-refractivity contribution is 0.148. The summed E-state index contributed by atoms with van der Waals surface area (Å²) in [4.78, 5) is 11.9. The van der Waals surface area contributed by atoms with Crippen molar-refractivity contribution in [2.24, 2.45) is 5.92 Å². The summed E-state index contributed by atoms with van der Waals surface area (Å²) in [5.74, 6) is 0.121. The highest BCUT2D eigenvalue weighted by atomic mass is 19.1. The number of carbonyl (C=O) groups is 1. The van der Waals surface area contributed by atoms with Gasteiger partial charge in [0.2, 0.25) is 0 Å². The van der Waals surface area contributed by atoms with Gasteiger partial charge >= 0.3 is 6.03 Å². The van der Waals surface area contributed by atoms with E-state index in [4.69, 9.17) is 0 Å². The maximum atomic E-state index is 13.1. The molecule has 1 unspecified atom stereocenters. The maximum absolute atomic E-state index is 13.1. The summed E-state index contributed by atoms with van der Waals surface area (Å²) in [6, 6.07) is 6.33. The van der Waals surface area contributed by atoms with Crippen LogP contribution in [0.1, 0.15) is 37.7 Å². The largest absolute Gasteiger partial charge is 0.391 e. The van der Waals surface area contributed by atoms with Gasteiger partial charge in [-0.1, -0.05) is 18.6 Å². The van der Waals surface area contributed by atoms with Crippen LogP contribution in [0.5, 0.6) is 0 Å². The van der Waals surface area contributed by atoms with Gasteiger partial charge in [0, 0.05) is 18.5 Å². The number of nitrogens with one attached hydrogen (secondary N) is 2. The molecule has 22 heavy (non-hydrogen) atoms. The quantitative estimate of drug-likeness (QED) is 0.755. The van der Waals surface area contributed by atoms with E-state index in [0.29, 0.717) is 19.0 Å². The summed E-state index contributed by atoms with van der Waals surface area (Å²) in [6.45, 7) is 0.851. The third kappa shape index (κ3) is 3.40. The van der Waals surface area contributed by atoms with Crippen molar-refractivity contribution < 1.29 is 14.3 Å². The molecule has 4 nitrogen and oxygen atoms in total. The molecule has 2 fully saturated rings. The number of benzene rings is 1. The highest BCUT2D eigenvalue weighted by Crippen LogP contribution is 2.43. The molecule has 1 atom stereocenters. The normalized spacial score (nSPS) is 20.8. The molecule has 2 aliphatic carbocycles. The van der Waals surface area contributed by atoms with Crippen LogP contribution >= 0.6 is 0 Å². The van der Waals surface area contributed by atoms with E-state index >= 15 is 0 Å². The molecule has 0 bridgehead atoms. The zero-order valence-electron chi connectivity index (χ0n) is 12.6. The molecule has 3 rings (SSSR count). The van der Waals surface area contributed by atoms with E-state index in [-0.39, 0.29) is 17.3 Å². The minimum Gasteiger partial charge on any atom is -0.391 e. The van der Waals surface area contributed by atoms with E-state index in [1.54, 1.807) is 0 Å². The number of amides is 2. The fourth-order valence-corrected chi connectivity index (χ4v) is 3.13. The monoisotopic (exact) mass is 306 g/mol. The first-order valence-corrected chi connectivity index (χ1v) is 8.05. The molecular weight excluding hydrogens is 283 g/mol. The first kappa shape index (κ1) is 15.3. The first-order valence-electron chi connectivity index (χ1n) is 8.05. The van der Waals surface area contributed by atoms with Crippen molar-refractivity contribution in [2.45, 2.75) is 43.6 Å². The summed E-state index contributed by atoms with van der Waals surface area (Å²) < 4.78 is 13.1. The molecule has 0 saturated heterocycles. The highest BCUT2D eigenvalue weighted by Gasteiger charge is 2.39. The summed E-state index contributed by atoms with van der Waals surface area (Å²) in [5, 5.41) is 15.4. The molecule has 5 heteroatoms. The lowest BCUT2D eigenvalue weighted by Crippen LogP contribution is -2.49. The van der Waals surface area contributed by atoms with Gasteiger partial charge in [-0.3, -0.25) is 0 Å². The number of rotatable bonds is 6. The molecule has 2 saturated carbocycles. The molecule has 0 spiro atoms. The highest BCUT2D eigenvalue weighted by molar-refractivity contribution is 5.74. The van der Waals surface area contributed by atoms with Crippen LogP contribution in [0.3, 0.4) is 0 Å². The van der Waals surface area contributed by atoms with E-state index in [1.165, 1.54) is 12.1 Å². The van der Waals surface area contributed by atoms with Crippen molar-refractivity contribution in [3.8, 4) is 0 Å². The number of aliphatic hydroxyl groups excluding tert-OH is 1. The van der Waals surface area contributed by atoms with Gasteiger partial charge in [0.15, 0.2) is 0 Å². The fraction of sp³-hybridized carbons (Fsp3) is 0.588. The predicted octanol–water partition coefficient (Wildman–Crippen LogP) is 2.32. The third-order valence-electron chi connectivity index (χ3n) is 4.99. The first-order chi connectivity index (χ1) is 10.6. The molecule has 0 heterocycles. The Morgan fingerprint density at radius 3 is 2.50 bits per heavy atom. The summed E-state index contributed by atoms with van der Waals surface area (Å²) in [5.41, 5.74) is 1.01. The molecule has 0 radical (unpaired) electrons. The fourth-order valence-electron chi connectivity index (χ4n) is 3.13. The number of hydrogen-bond acceptors (Lipinski definition) is 2. The van der Waals surface area contributed by atoms with E-state index in [0.717, 1.165) is 37.7 Å². The number of halogens is 1. The summed E-state index contributed by atoms with van der Waals surface area (Å²) in [7, 11) is 0. The van der Waals surface area contributed by atoms with Crippen LogP contribution in [0.4, 0.5) is 9.18 Å². The topological polar surface area (TPSA) is 61.4 Å². The predicted molar refractivity (Wildman–Crippen MR) is 82.1 cm³/mol. The third-order valence-corrected chi connectivity index (χ3v) is 4.99. The Bertz CT molecular complexity index is 524.